The minimum atomic E-state index is -1.28. The third-order valence-corrected chi connectivity index (χ3v) is 4.26. The van der Waals surface area contributed by atoms with E-state index >= 15 is 0 Å². The quantitative estimate of drug-likeness (QED) is 0.170. The van der Waals surface area contributed by atoms with Crippen LogP contribution in [0.3, 0.4) is 0 Å². The molecule has 5 atom stereocenters. The first-order valence-corrected chi connectivity index (χ1v) is 9.86. The zero-order valence-corrected chi connectivity index (χ0v) is 18.0. The largest absolute Gasteiger partial charge is 0.468 e. The molecular weight excluding hydrogens is 424 g/mol. The number of benzene rings is 1. The van der Waals surface area contributed by atoms with E-state index in [9.17, 15) is 19.2 Å². The van der Waals surface area contributed by atoms with Crippen LogP contribution >= 0.6 is 0 Å². The SMILES string of the molecule is CC(=O)O[C@@H]1[C@@H](OC(C)=O)[C@H](O/C=C/C=O)O[C@H](COCc2ccccc2)[C@H]1OC(C)=O. The molecule has 174 valence electrons. The van der Waals surface area contributed by atoms with Gasteiger partial charge < -0.3 is 28.4 Å². The normalized spacial score (nSPS) is 25.0. The molecule has 1 aromatic rings. The molecule has 1 aromatic carbocycles. The summed E-state index contributed by atoms with van der Waals surface area (Å²) in [6, 6.07) is 9.35. The van der Waals surface area contributed by atoms with Crippen molar-refractivity contribution in [2.45, 2.75) is 58.1 Å². The van der Waals surface area contributed by atoms with Gasteiger partial charge in [0.05, 0.1) is 19.5 Å². The first kappa shape index (κ1) is 25.0. The van der Waals surface area contributed by atoms with Gasteiger partial charge in [-0.2, -0.15) is 0 Å². The number of allylic oxidation sites excluding steroid dienone is 1. The lowest BCUT2D eigenvalue weighted by molar-refractivity contribution is -0.298. The van der Waals surface area contributed by atoms with Crippen molar-refractivity contribution in [3.63, 3.8) is 0 Å². The van der Waals surface area contributed by atoms with Crippen LogP contribution in [0.5, 0.6) is 0 Å². The Kier molecular flexibility index (Phi) is 9.83. The van der Waals surface area contributed by atoms with Gasteiger partial charge in [0.25, 0.3) is 0 Å². The summed E-state index contributed by atoms with van der Waals surface area (Å²) in [5.74, 6) is -2.06. The molecule has 1 fully saturated rings. The summed E-state index contributed by atoms with van der Waals surface area (Å²) in [5, 5.41) is 0. The van der Waals surface area contributed by atoms with E-state index in [0.717, 1.165) is 31.7 Å². The molecule has 10 heteroatoms. The molecule has 2 rings (SSSR count). The number of carbonyl (C=O) groups is 4. The Morgan fingerprint density at radius 2 is 1.50 bits per heavy atom. The Labute approximate surface area is 185 Å². The standard InChI is InChI=1S/C22H26O10/c1-14(24)29-19-18(13-27-12-17-8-5-4-6-9-17)32-22(28-11-7-10-23)21(31-16(3)26)20(19)30-15(2)25/h4-11,18-22H,12-13H2,1-3H3/b11-7+/t18-,19-,20+,21-,22-/m1/s1. The van der Waals surface area contributed by atoms with Crippen LogP contribution in [0.1, 0.15) is 26.3 Å². The molecule has 0 bridgehead atoms. The molecule has 0 unspecified atom stereocenters. The average molecular weight is 450 g/mol. The van der Waals surface area contributed by atoms with Crippen LogP contribution in [0.2, 0.25) is 0 Å². The lowest BCUT2D eigenvalue weighted by atomic mass is 9.98. The maximum absolute atomic E-state index is 11.8. The lowest BCUT2D eigenvalue weighted by Gasteiger charge is -2.43. The zero-order valence-electron chi connectivity index (χ0n) is 18.0. The molecule has 0 spiro atoms. The van der Waals surface area contributed by atoms with Gasteiger partial charge in [-0.15, -0.1) is 0 Å². The maximum Gasteiger partial charge on any atom is 0.303 e. The number of esters is 3. The van der Waals surface area contributed by atoms with Gasteiger partial charge in [0.15, 0.2) is 12.2 Å². The monoisotopic (exact) mass is 450 g/mol. The van der Waals surface area contributed by atoms with Gasteiger partial charge in [-0.05, 0) is 5.56 Å². The molecule has 1 heterocycles. The summed E-state index contributed by atoms with van der Waals surface area (Å²) >= 11 is 0. The van der Waals surface area contributed by atoms with Crippen LogP contribution in [0.25, 0.3) is 0 Å². The van der Waals surface area contributed by atoms with E-state index in [0.29, 0.717) is 6.29 Å². The molecule has 10 nitrogen and oxygen atoms in total. The van der Waals surface area contributed by atoms with Gasteiger partial charge in [0.2, 0.25) is 12.4 Å². The van der Waals surface area contributed by atoms with Crippen molar-refractivity contribution in [3.05, 3.63) is 48.2 Å². The number of aldehydes is 1. The molecular formula is C22H26O10. The van der Waals surface area contributed by atoms with Gasteiger partial charge in [-0.25, -0.2) is 0 Å². The highest BCUT2D eigenvalue weighted by molar-refractivity contribution is 5.68. The predicted molar refractivity (Wildman–Crippen MR) is 108 cm³/mol. The highest BCUT2D eigenvalue weighted by atomic mass is 16.7. The van der Waals surface area contributed by atoms with Gasteiger partial charge in [-0.3, -0.25) is 19.2 Å². The highest BCUT2D eigenvalue weighted by Crippen LogP contribution is 2.30. The van der Waals surface area contributed by atoms with Crippen molar-refractivity contribution < 1.29 is 47.6 Å². The van der Waals surface area contributed by atoms with Gasteiger partial charge >= 0.3 is 17.9 Å². The van der Waals surface area contributed by atoms with E-state index in [4.69, 9.17) is 28.4 Å². The minimum Gasteiger partial charge on any atom is -0.468 e. The van der Waals surface area contributed by atoms with Crippen molar-refractivity contribution >= 4 is 24.2 Å². The van der Waals surface area contributed by atoms with E-state index in [2.05, 4.69) is 0 Å². The van der Waals surface area contributed by atoms with E-state index in [1.807, 2.05) is 30.3 Å². The Hall–Kier alpha value is -3.24. The predicted octanol–water partition coefficient (Wildman–Crippen LogP) is 1.45. The smallest absolute Gasteiger partial charge is 0.303 e. The van der Waals surface area contributed by atoms with E-state index < -0.39 is 48.6 Å². The molecule has 0 N–H and O–H groups in total. The first-order chi connectivity index (χ1) is 15.3. The lowest BCUT2D eigenvalue weighted by Crippen LogP contribution is -2.62. The summed E-state index contributed by atoms with van der Waals surface area (Å²) in [6.45, 7) is 3.68. The van der Waals surface area contributed by atoms with Crippen LogP contribution in [0.4, 0.5) is 0 Å². The Balaban J connectivity index is 2.29. The molecule has 0 radical (unpaired) electrons. The van der Waals surface area contributed by atoms with Crippen molar-refractivity contribution in [1.82, 2.24) is 0 Å². The summed E-state index contributed by atoms with van der Waals surface area (Å²) < 4.78 is 32.9. The average Bonchev–Trinajstić information content (AvgIpc) is 2.72. The molecule has 0 aromatic heterocycles. The Morgan fingerprint density at radius 3 is 2.09 bits per heavy atom. The maximum atomic E-state index is 11.8. The van der Waals surface area contributed by atoms with E-state index in [1.54, 1.807) is 0 Å². The molecule has 0 aliphatic carbocycles. The summed E-state index contributed by atoms with van der Waals surface area (Å²) in [5.41, 5.74) is 0.906. The van der Waals surface area contributed by atoms with Crippen LogP contribution in [0, 0.1) is 0 Å². The van der Waals surface area contributed by atoms with Gasteiger partial charge in [-0.1, -0.05) is 30.3 Å². The van der Waals surface area contributed by atoms with E-state index in [1.165, 1.54) is 6.92 Å². The van der Waals surface area contributed by atoms with Crippen molar-refractivity contribution in [2.75, 3.05) is 6.61 Å². The third kappa shape index (κ3) is 7.78. The highest BCUT2D eigenvalue weighted by Gasteiger charge is 2.52. The zero-order chi connectivity index (χ0) is 23.5. The van der Waals surface area contributed by atoms with Gasteiger partial charge in [0.1, 0.15) is 12.4 Å². The molecule has 0 amide bonds. The summed E-state index contributed by atoms with van der Waals surface area (Å²) in [7, 11) is 0. The fraction of sp³-hybridized carbons (Fsp3) is 0.455. The second kappa shape index (κ2) is 12.6. The molecule has 1 aliphatic rings. The Morgan fingerprint density at radius 1 is 0.906 bits per heavy atom. The summed E-state index contributed by atoms with van der Waals surface area (Å²) in [4.78, 5) is 45.8. The van der Waals surface area contributed by atoms with E-state index in [-0.39, 0.29) is 13.2 Å². The number of carbonyl (C=O) groups excluding carboxylic acids is 4. The van der Waals surface area contributed by atoms with Gasteiger partial charge in [0, 0.05) is 26.8 Å². The minimum absolute atomic E-state index is 0.0609. The second-order valence-electron chi connectivity index (χ2n) is 6.87. The van der Waals surface area contributed by atoms with Crippen molar-refractivity contribution in [3.8, 4) is 0 Å². The topological polar surface area (TPSA) is 124 Å². The first-order valence-electron chi connectivity index (χ1n) is 9.86. The van der Waals surface area contributed by atoms with Crippen molar-refractivity contribution in [2.24, 2.45) is 0 Å². The Bertz CT molecular complexity index is 806. The fourth-order valence-corrected chi connectivity index (χ4v) is 3.12. The molecule has 1 saturated heterocycles. The molecule has 0 saturated carbocycles. The van der Waals surface area contributed by atoms with Crippen LogP contribution in [-0.4, -0.2) is 61.5 Å². The number of ether oxygens (including phenoxy) is 6. The van der Waals surface area contributed by atoms with Crippen LogP contribution in [0.15, 0.2) is 42.7 Å². The molecule has 1 aliphatic heterocycles. The number of hydrogen-bond acceptors (Lipinski definition) is 10. The third-order valence-electron chi connectivity index (χ3n) is 4.26. The van der Waals surface area contributed by atoms with Crippen molar-refractivity contribution in [1.29, 1.82) is 0 Å². The van der Waals surface area contributed by atoms with Crippen LogP contribution < -0.4 is 0 Å². The fourth-order valence-electron chi connectivity index (χ4n) is 3.12. The second-order valence-corrected chi connectivity index (χ2v) is 6.87. The van der Waals surface area contributed by atoms with Crippen LogP contribution in [-0.2, 0) is 54.2 Å². The molecule has 32 heavy (non-hydrogen) atoms. The summed E-state index contributed by atoms with van der Waals surface area (Å²) in [6.07, 6.45) is -3.27. The number of rotatable bonds is 10. The number of hydrogen-bond donors (Lipinski definition) is 0.